The van der Waals surface area contributed by atoms with Gasteiger partial charge in [0.05, 0.1) is 7.11 Å². The Morgan fingerprint density at radius 1 is 1.41 bits per heavy atom. The van der Waals surface area contributed by atoms with Gasteiger partial charge in [0.1, 0.15) is 0 Å². The normalized spacial score (nSPS) is 10.6. The average molecular weight is 258 g/mol. The molecule has 0 saturated heterocycles. The maximum absolute atomic E-state index is 5.85. The van der Waals surface area contributed by atoms with Gasteiger partial charge in [-0.1, -0.05) is 13.8 Å². The fourth-order valence-corrected chi connectivity index (χ4v) is 2.03. The van der Waals surface area contributed by atoms with E-state index in [1.807, 2.05) is 0 Å². The molecule has 0 N–H and O–H groups in total. The highest BCUT2D eigenvalue weighted by molar-refractivity contribution is 6.18. The third kappa shape index (κ3) is 3.73. The lowest BCUT2D eigenvalue weighted by atomic mass is 10.1. The number of nitrogens with zero attached hydrogens (tertiary/aromatic N) is 3. The Labute approximate surface area is 108 Å². The first kappa shape index (κ1) is 14.0. The lowest BCUT2D eigenvalue weighted by Gasteiger charge is -2.29. The molecular formula is C12H20ClN3O. The summed E-state index contributed by atoms with van der Waals surface area (Å²) in [6, 6.07) is 2.16. The molecule has 0 saturated carbocycles. The van der Waals surface area contributed by atoms with E-state index in [9.17, 15) is 0 Å². The van der Waals surface area contributed by atoms with Gasteiger partial charge in [-0.05, 0) is 12.8 Å². The molecule has 5 heteroatoms. The molecule has 0 atom stereocenters. The van der Waals surface area contributed by atoms with Crippen molar-refractivity contribution in [1.29, 1.82) is 0 Å². The number of alkyl halides is 1. The summed E-state index contributed by atoms with van der Waals surface area (Å²) < 4.78 is 5.12. The zero-order valence-electron chi connectivity index (χ0n) is 10.7. The topological polar surface area (TPSA) is 38.2 Å². The second kappa shape index (κ2) is 7.33. The van der Waals surface area contributed by atoms with E-state index in [1.165, 1.54) is 0 Å². The highest BCUT2D eigenvalue weighted by atomic mass is 35.5. The van der Waals surface area contributed by atoms with E-state index in [4.69, 9.17) is 16.3 Å². The molecule has 17 heavy (non-hydrogen) atoms. The summed E-state index contributed by atoms with van der Waals surface area (Å²) in [5, 5.41) is 0. The van der Waals surface area contributed by atoms with Crippen LogP contribution in [0.5, 0.6) is 5.88 Å². The van der Waals surface area contributed by atoms with Crippen LogP contribution in [-0.4, -0.2) is 35.5 Å². The van der Waals surface area contributed by atoms with Crippen LogP contribution in [0.3, 0.4) is 0 Å². The van der Waals surface area contributed by atoms with Crippen molar-refractivity contribution >= 4 is 17.5 Å². The van der Waals surface area contributed by atoms with E-state index < -0.39 is 0 Å². The van der Waals surface area contributed by atoms with Crippen molar-refractivity contribution < 1.29 is 4.74 Å². The molecule has 1 aromatic rings. The molecule has 0 spiro atoms. The van der Waals surface area contributed by atoms with Gasteiger partial charge >= 0.3 is 0 Å². The molecule has 0 aliphatic heterocycles. The predicted molar refractivity (Wildman–Crippen MR) is 71.0 cm³/mol. The van der Waals surface area contributed by atoms with Gasteiger partial charge in [0.2, 0.25) is 11.8 Å². The second-order valence-corrected chi connectivity index (χ2v) is 4.13. The maximum Gasteiger partial charge on any atom is 0.228 e. The summed E-state index contributed by atoms with van der Waals surface area (Å²) in [6.07, 6.45) is 3.81. The van der Waals surface area contributed by atoms with Gasteiger partial charge in [-0.2, -0.15) is 4.98 Å². The van der Waals surface area contributed by atoms with Crippen LogP contribution in [0.1, 0.15) is 26.7 Å². The monoisotopic (exact) mass is 257 g/mol. The molecular weight excluding hydrogens is 238 g/mol. The van der Waals surface area contributed by atoms with Gasteiger partial charge in [-0.15, -0.1) is 11.6 Å². The van der Waals surface area contributed by atoms with E-state index in [-0.39, 0.29) is 0 Å². The minimum Gasteiger partial charge on any atom is -0.481 e. The Balaban J connectivity index is 2.94. The second-order valence-electron chi connectivity index (χ2n) is 3.75. The van der Waals surface area contributed by atoms with E-state index in [2.05, 4.69) is 28.7 Å². The molecule has 0 aromatic carbocycles. The first-order valence-electron chi connectivity index (χ1n) is 5.96. The lowest BCUT2D eigenvalue weighted by Crippen LogP contribution is -2.37. The summed E-state index contributed by atoms with van der Waals surface area (Å²) in [4.78, 5) is 10.8. The van der Waals surface area contributed by atoms with E-state index in [1.54, 1.807) is 19.4 Å². The van der Waals surface area contributed by atoms with Gasteiger partial charge in [0, 0.05) is 30.7 Å². The average Bonchev–Trinajstić information content (AvgIpc) is 2.39. The molecule has 96 valence electrons. The molecule has 0 amide bonds. The van der Waals surface area contributed by atoms with Crippen molar-refractivity contribution in [1.82, 2.24) is 9.97 Å². The van der Waals surface area contributed by atoms with Crippen LogP contribution in [0, 0.1) is 0 Å². The molecule has 4 nitrogen and oxygen atoms in total. The molecule has 0 unspecified atom stereocenters. The van der Waals surface area contributed by atoms with Crippen molar-refractivity contribution in [3.05, 3.63) is 12.3 Å². The highest BCUT2D eigenvalue weighted by Crippen LogP contribution is 2.18. The van der Waals surface area contributed by atoms with Crippen molar-refractivity contribution in [2.75, 3.05) is 24.4 Å². The van der Waals surface area contributed by atoms with Gasteiger partial charge < -0.3 is 9.64 Å². The van der Waals surface area contributed by atoms with Crippen LogP contribution in [0.4, 0.5) is 5.95 Å². The summed E-state index contributed by atoms with van der Waals surface area (Å²) in [7, 11) is 1.61. The summed E-state index contributed by atoms with van der Waals surface area (Å²) in [5.41, 5.74) is 0. The summed E-state index contributed by atoms with van der Waals surface area (Å²) in [6.45, 7) is 5.08. The number of hydrogen-bond donors (Lipinski definition) is 0. The summed E-state index contributed by atoms with van der Waals surface area (Å²) >= 11 is 5.85. The van der Waals surface area contributed by atoms with Crippen molar-refractivity contribution in [3.63, 3.8) is 0 Å². The van der Waals surface area contributed by atoms with Crippen molar-refractivity contribution in [2.24, 2.45) is 0 Å². The number of ether oxygens (including phenoxy) is 1. The van der Waals surface area contributed by atoms with E-state index >= 15 is 0 Å². The highest BCUT2D eigenvalue weighted by Gasteiger charge is 2.17. The third-order valence-electron chi connectivity index (χ3n) is 2.79. The van der Waals surface area contributed by atoms with Gasteiger partial charge in [-0.25, -0.2) is 4.98 Å². The predicted octanol–water partition coefficient (Wildman–Crippen LogP) is 2.72. The minimum atomic E-state index is 0.417. The van der Waals surface area contributed by atoms with E-state index in [0.29, 0.717) is 23.8 Å². The zero-order valence-corrected chi connectivity index (χ0v) is 11.4. The molecule has 1 aromatic heterocycles. The number of rotatable bonds is 7. The molecule has 0 bridgehead atoms. The maximum atomic E-state index is 5.85. The summed E-state index contributed by atoms with van der Waals surface area (Å²) in [5.74, 6) is 1.84. The number of halogens is 1. The van der Waals surface area contributed by atoms with Crippen LogP contribution < -0.4 is 9.64 Å². The van der Waals surface area contributed by atoms with Crippen molar-refractivity contribution in [3.8, 4) is 5.88 Å². The van der Waals surface area contributed by atoms with Crippen LogP contribution in [0.25, 0.3) is 0 Å². The van der Waals surface area contributed by atoms with Gasteiger partial charge in [-0.3, -0.25) is 0 Å². The number of aromatic nitrogens is 2. The largest absolute Gasteiger partial charge is 0.481 e. The first-order valence-corrected chi connectivity index (χ1v) is 6.49. The van der Waals surface area contributed by atoms with Crippen LogP contribution in [-0.2, 0) is 0 Å². The molecule has 0 radical (unpaired) electrons. The quantitative estimate of drug-likeness (QED) is 0.704. The fraction of sp³-hybridized carbons (Fsp3) is 0.667. The molecule has 0 fully saturated rings. The fourth-order valence-electron chi connectivity index (χ4n) is 1.85. The van der Waals surface area contributed by atoms with Gasteiger partial charge in [0.15, 0.2) is 0 Å². The Hall–Kier alpha value is -1.03. The van der Waals surface area contributed by atoms with Crippen LogP contribution in [0.15, 0.2) is 12.3 Å². The standard InChI is InChI=1S/C12H20ClN3O/c1-4-10(5-2)16(9-7-13)12-14-8-6-11(15-12)17-3/h6,8,10H,4-5,7,9H2,1-3H3. The van der Waals surface area contributed by atoms with Crippen molar-refractivity contribution in [2.45, 2.75) is 32.7 Å². The molecule has 1 heterocycles. The molecule has 0 aliphatic rings. The minimum absolute atomic E-state index is 0.417. The molecule has 1 rings (SSSR count). The number of hydrogen-bond acceptors (Lipinski definition) is 4. The zero-order chi connectivity index (χ0) is 12.7. The Kier molecular flexibility index (Phi) is 6.05. The number of anilines is 1. The van der Waals surface area contributed by atoms with Gasteiger partial charge in [0.25, 0.3) is 0 Å². The van der Waals surface area contributed by atoms with Crippen LogP contribution >= 0.6 is 11.6 Å². The molecule has 0 aliphatic carbocycles. The van der Waals surface area contributed by atoms with E-state index in [0.717, 1.165) is 19.4 Å². The SMILES string of the molecule is CCC(CC)N(CCCl)c1nccc(OC)n1. The third-order valence-corrected chi connectivity index (χ3v) is 2.96. The Bertz CT molecular complexity index is 331. The smallest absolute Gasteiger partial charge is 0.228 e. The number of methoxy groups -OCH3 is 1. The Morgan fingerprint density at radius 3 is 2.65 bits per heavy atom. The lowest BCUT2D eigenvalue weighted by molar-refractivity contribution is 0.395. The van der Waals surface area contributed by atoms with Crippen LogP contribution in [0.2, 0.25) is 0 Å². The Morgan fingerprint density at radius 2 is 2.12 bits per heavy atom. The first-order chi connectivity index (χ1) is 8.26.